The number of likely N-dealkylation sites (tertiary alicyclic amines) is 1. The molecule has 1 aromatic rings. The van der Waals surface area contributed by atoms with Gasteiger partial charge in [0.1, 0.15) is 5.75 Å². The van der Waals surface area contributed by atoms with E-state index in [1.165, 1.54) is 5.56 Å². The van der Waals surface area contributed by atoms with E-state index < -0.39 is 0 Å². The van der Waals surface area contributed by atoms with Crippen LogP contribution >= 0.6 is 0 Å². The normalized spacial score (nSPS) is 25.6. The number of hydrogen-bond acceptors (Lipinski definition) is 3. The van der Waals surface area contributed by atoms with Crippen LogP contribution < -0.4 is 10.5 Å². The number of amides is 1. The Hall–Kier alpha value is -1.55. The summed E-state index contributed by atoms with van der Waals surface area (Å²) in [4.78, 5) is 14.6. The molecule has 2 unspecified atom stereocenters. The van der Waals surface area contributed by atoms with Crippen molar-refractivity contribution in [3.63, 3.8) is 0 Å². The molecule has 1 heterocycles. The minimum atomic E-state index is 0.177. The molecule has 1 amide bonds. The fraction of sp³-hybridized carbons (Fsp3) is 0.632. The van der Waals surface area contributed by atoms with Crippen molar-refractivity contribution in [1.82, 2.24) is 4.90 Å². The number of nitrogens with zero attached hydrogens (tertiary/aromatic N) is 1. The van der Waals surface area contributed by atoms with E-state index in [0.717, 1.165) is 57.4 Å². The largest absolute Gasteiger partial charge is 0.496 e. The lowest BCUT2D eigenvalue weighted by Gasteiger charge is -2.34. The van der Waals surface area contributed by atoms with Crippen LogP contribution in [-0.2, 0) is 11.2 Å². The van der Waals surface area contributed by atoms with Gasteiger partial charge in [-0.25, -0.2) is 0 Å². The first-order valence-electron chi connectivity index (χ1n) is 8.83. The lowest BCUT2D eigenvalue weighted by molar-refractivity contribution is -0.136. The SMILES string of the molecule is COc1ccccc1CC1CCN(C(=O)C2CCC(N)C2)CC1. The molecular weight excluding hydrogens is 288 g/mol. The first-order chi connectivity index (χ1) is 11.2. The third-order valence-corrected chi connectivity index (χ3v) is 5.45. The molecule has 0 spiro atoms. The van der Waals surface area contributed by atoms with Gasteiger partial charge in [-0.3, -0.25) is 4.79 Å². The summed E-state index contributed by atoms with van der Waals surface area (Å²) in [6.07, 6.45) is 6.06. The molecule has 2 atom stereocenters. The Morgan fingerprint density at radius 1 is 1.22 bits per heavy atom. The van der Waals surface area contributed by atoms with Gasteiger partial charge in [-0.2, -0.15) is 0 Å². The van der Waals surface area contributed by atoms with E-state index in [9.17, 15) is 4.79 Å². The summed E-state index contributed by atoms with van der Waals surface area (Å²) in [5, 5.41) is 0. The molecule has 0 bridgehead atoms. The second kappa shape index (κ2) is 7.35. The number of para-hydroxylation sites is 1. The van der Waals surface area contributed by atoms with Crippen molar-refractivity contribution in [3.05, 3.63) is 29.8 Å². The lowest BCUT2D eigenvalue weighted by Crippen LogP contribution is -2.41. The first kappa shape index (κ1) is 16.3. The van der Waals surface area contributed by atoms with E-state index in [1.807, 2.05) is 12.1 Å². The maximum absolute atomic E-state index is 12.6. The highest BCUT2D eigenvalue weighted by molar-refractivity contribution is 5.79. The molecule has 4 nitrogen and oxygen atoms in total. The van der Waals surface area contributed by atoms with Crippen molar-refractivity contribution in [3.8, 4) is 5.75 Å². The number of methoxy groups -OCH3 is 1. The standard InChI is InChI=1S/C19H28N2O2/c1-23-18-5-3-2-4-15(18)12-14-8-10-21(11-9-14)19(22)16-6-7-17(20)13-16/h2-5,14,16-17H,6-13,20H2,1H3. The third kappa shape index (κ3) is 3.86. The zero-order valence-electron chi connectivity index (χ0n) is 14.0. The van der Waals surface area contributed by atoms with E-state index in [4.69, 9.17) is 10.5 Å². The molecule has 2 fully saturated rings. The summed E-state index contributed by atoms with van der Waals surface area (Å²) in [5.74, 6) is 2.14. The minimum absolute atomic E-state index is 0.177. The van der Waals surface area contributed by atoms with Gasteiger partial charge in [0.2, 0.25) is 5.91 Å². The number of rotatable bonds is 4. The molecule has 1 saturated heterocycles. The fourth-order valence-corrected chi connectivity index (χ4v) is 4.04. The van der Waals surface area contributed by atoms with Crippen LogP contribution in [0.1, 0.15) is 37.7 Å². The first-order valence-corrected chi connectivity index (χ1v) is 8.83. The molecule has 1 aromatic carbocycles. The third-order valence-electron chi connectivity index (χ3n) is 5.45. The smallest absolute Gasteiger partial charge is 0.225 e. The predicted molar refractivity (Wildman–Crippen MR) is 91.3 cm³/mol. The van der Waals surface area contributed by atoms with Gasteiger partial charge < -0.3 is 15.4 Å². The Kier molecular flexibility index (Phi) is 5.21. The quantitative estimate of drug-likeness (QED) is 0.929. The molecule has 126 valence electrons. The van der Waals surface area contributed by atoms with Crippen molar-refractivity contribution in [2.24, 2.45) is 17.6 Å². The Bertz CT molecular complexity index is 538. The molecule has 2 aliphatic rings. The van der Waals surface area contributed by atoms with E-state index in [0.29, 0.717) is 11.8 Å². The Morgan fingerprint density at radius 3 is 2.61 bits per heavy atom. The van der Waals surface area contributed by atoms with Gasteiger partial charge in [0.25, 0.3) is 0 Å². The molecule has 1 aliphatic heterocycles. The van der Waals surface area contributed by atoms with Crippen molar-refractivity contribution in [2.75, 3.05) is 20.2 Å². The summed E-state index contributed by atoms with van der Waals surface area (Å²) in [5.41, 5.74) is 7.22. The molecule has 1 saturated carbocycles. The lowest BCUT2D eigenvalue weighted by atomic mass is 9.89. The number of hydrogen-bond donors (Lipinski definition) is 1. The Labute approximate surface area is 139 Å². The number of nitrogens with two attached hydrogens (primary N) is 1. The van der Waals surface area contributed by atoms with Gasteiger partial charge in [-0.15, -0.1) is 0 Å². The molecule has 1 aliphatic carbocycles. The van der Waals surface area contributed by atoms with Gasteiger partial charge >= 0.3 is 0 Å². The second-order valence-electron chi connectivity index (χ2n) is 7.05. The predicted octanol–water partition coefficient (Wildman–Crippen LogP) is 2.60. The molecule has 4 heteroatoms. The zero-order chi connectivity index (χ0) is 16.2. The monoisotopic (exact) mass is 316 g/mol. The average molecular weight is 316 g/mol. The topological polar surface area (TPSA) is 55.6 Å². The summed E-state index contributed by atoms with van der Waals surface area (Å²) < 4.78 is 5.45. The fourth-order valence-electron chi connectivity index (χ4n) is 4.04. The van der Waals surface area contributed by atoms with Crippen LogP contribution in [0.25, 0.3) is 0 Å². The summed E-state index contributed by atoms with van der Waals surface area (Å²) in [6.45, 7) is 1.79. The Morgan fingerprint density at radius 2 is 1.96 bits per heavy atom. The highest BCUT2D eigenvalue weighted by Crippen LogP contribution is 2.30. The van der Waals surface area contributed by atoms with Crippen LogP contribution in [0.2, 0.25) is 0 Å². The average Bonchev–Trinajstić information content (AvgIpc) is 3.02. The van der Waals surface area contributed by atoms with E-state index >= 15 is 0 Å². The van der Waals surface area contributed by atoms with Gasteiger partial charge in [0.05, 0.1) is 7.11 Å². The summed E-state index contributed by atoms with van der Waals surface area (Å²) in [7, 11) is 1.73. The maximum atomic E-state index is 12.6. The van der Waals surface area contributed by atoms with Crippen molar-refractivity contribution in [1.29, 1.82) is 0 Å². The maximum Gasteiger partial charge on any atom is 0.225 e. The van der Waals surface area contributed by atoms with Gasteiger partial charge in [0.15, 0.2) is 0 Å². The molecule has 0 aromatic heterocycles. The number of carbonyl (C=O) groups is 1. The molecule has 0 radical (unpaired) electrons. The van der Waals surface area contributed by atoms with Crippen LogP contribution in [0.5, 0.6) is 5.75 Å². The summed E-state index contributed by atoms with van der Waals surface area (Å²) in [6, 6.07) is 8.48. The highest BCUT2D eigenvalue weighted by atomic mass is 16.5. The van der Waals surface area contributed by atoms with Crippen LogP contribution in [0, 0.1) is 11.8 Å². The zero-order valence-corrected chi connectivity index (χ0v) is 14.0. The van der Waals surface area contributed by atoms with Gasteiger partial charge in [0, 0.05) is 25.0 Å². The number of piperidine rings is 1. The van der Waals surface area contributed by atoms with Gasteiger partial charge in [-0.05, 0) is 56.1 Å². The van der Waals surface area contributed by atoms with Gasteiger partial charge in [-0.1, -0.05) is 18.2 Å². The molecular formula is C19H28N2O2. The van der Waals surface area contributed by atoms with Crippen LogP contribution in [0.15, 0.2) is 24.3 Å². The minimum Gasteiger partial charge on any atom is -0.496 e. The van der Waals surface area contributed by atoms with E-state index in [-0.39, 0.29) is 12.0 Å². The van der Waals surface area contributed by atoms with Crippen LogP contribution in [0.4, 0.5) is 0 Å². The molecule has 2 N–H and O–H groups in total. The summed E-state index contributed by atoms with van der Waals surface area (Å²) >= 11 is 0. The highest BCUT2D eigenvalue weighted by Gasteiger charge is 2.32. The number of carbonyl (C=O) groups excluding carboxylic acids is 1. The van der Waals surface area contributed by atoms with Crippen LogP contribution in [0.3, 0.4) is 0 Å². The van der Waals surface area contributed by atoms with E-state index in [2.05, 4.69) is 17.0 Å². The number of ether oxygens (including phenoxy) is 1. The number of benzene rings is 1. The molecule has 3 rings (SSSR count). The van der Waals surface area contributed by atoms with E-state index in [1.54, 1.807) is 7.11 Å². The van der Waals surface area contributed by atoms with Crippen LogP contribution in [-0.4, -0.2) is 37.0 Å². The van der Waals surface area contributed by atoms with Crippen molar-refractivity contribution in [2.45, 2.75) is 44.6 Å². The Balaban J connectivity index is 1.51. The second-order valence-corrected chi connectivity index (χ2v) is 7.05. The van der Waals surface area contributed by atoms with Crippen molar-refractivity contribution < 1.29 is 9.53 Å². The molecule has 23 heavy (non-hydrogen) atoms. The van der Waals surface area contributed by atoms with Crippen molar-refractivity contribution >= 4 is 5.91 Å².